The van der Waals surface area contributed by atoms with Gasteiger partial charge in [0, 0.05) is 27.2 Å². The Morgan fingerprint density at radius 3 is 2.53 bits per heavy atom. The lowest BCUT2D eigenvalue weighted by Crippen LogP contribution is -2.33. The van der Waals surface area contributed by atoms with E-state index >= 15 is 0 Å². The fourth-order valence-corrected chi connectivity index (χ4v) is 1.05. The Morgan fingerprint density at radius 2 is 2.00 bits per heavy atom. The van der Waals surface area contributed by atoms with E-state index in [-0.39, 0.29) is 18.4 Å². The lowest BCUT2D eigenvalue weighted by Gasteiger charge is -2.15. The molecule has 0 aromatic carbocycles. The van der Waals surface area contributed by atoms with Gasteiger partial charge >= 0.3 is 5.97 Å². The van der Waals surface area contributed by atoms with Crippen LogP contribution < -0.4 is 0 Å². The standard InChI is InChI=1S/C10H19NO4/c1-4-15-10(13)8-11(2)9(12)6-5-7-14-3/h4-8H2,1-3H3. The van der Waals surface area contributed by atoms with Gasteiger partial charge in [-0.15, -0.1) is 0 Å². The van der Waals surface area contributed by atoms with Gasteiger partial charge in [0.25, 0.3) is 0 Å². The van der Waals surface area contributed by atoms with Crippen LogP contribution in [0.25, 0.3) is 0 Å². The molecular weight excluding hydrogens is 198 g/mol. The first-order chi connectivity index (χ1) is 7.11. The van der Waals surface area contributed by atoms with Crippen molar-refractivity contribution in [1.29, 1.82) is 0 Å². The largest absolute Gasteiger partial charge is 0.465 e. The Balaban J connectivity index is 3.73. The van der Waals surface area contributed by atoms with E-state index in [1.54, 1.807) is 21.1 Å². The highest BCUT2D eigenvalue weighted by molar-refractivity contribution is 5.81. The summed E-state index contributed by atoms with van der Waals surface area (Å²) in [6.07, 6.45) is 1.06. The number of amides is 1. The topological polar surface area (TPSA) is 55.8 Å². The van der Waals surface area contributed by atoms with Gasteiger partial charge in [-0.25, -0.2) is 0 Å². The van der Waals surface area contributed by atoms with Gasteiger partial charge in [-0.1, -0.05) is 0 Å². The van der Waals surface area contributed by atoms with Crippen LogP contribution in [-0.2, 0) is 19.1 Å². The second-order valence-electron chi connectivity index (χ2n) is 3.15. The highest BCUT2D eigenvalue weighted by atomic mass is 16.5. The highest BCUT2D eigenvalue weighted by Gasteiger charge is 2.12. The number of likely N-dealkylation sites (N-methyl/N-ethyl adjacent to an activating group) is 1. The quantitative estimate of drug-likeness (QED) is 0.458. The number of hydrogen-bond donors (Lipinski definition) is 0. The molecule has 0 radical (unpaired) electrons. The number of nitrogens with zero attached hydrogens (tertiary/aromatic N) is 1. The van der Waals surface area contributed by atoms with Crippen molar-refractivity contribution in [2.24, 2.45) is 0 Å². The van der Waals surface area contributed by atoms with Gasteiger partial charge in [0.05, 0.1) is 6.61 Å². The summed E-state index contributed by atoms with van der Waals surface area (Å²) >= 11 is 0. The van der Waals surface area contributed by atoms with Crippen molar-refractivity contribution < 1.29 is 19.1 Å². The first-order valence-electron chi connectivity index (χ1n) is 5.00. The maximum Gasteiger partial charge on any atom is 0.325 e. The lowest BCUT2D eigenvalue weighted by molar-refractivity contribution is -0.148. The molecule has 0 saturated carbocycles. The van der Waals surface area contributed by atoms with Crippen molar-refractivity contribution in [3.63, 3.8) is 0 Å². The van der Waals surface area contributed by atoms with Crippen LogP contribution in [0.4, 0.5) is 0 Å². The van der Waals surface area contributed by atoms with Crippen molar-refractivity contribution >= 4 is 11.9 Å². The third-order valence-corrected chi connectivity index (χ3v) is 1.84. The molecular formula is C10H19NO4. The molecule has 88 valence electrons. The van der Waals surface area contributed by atoms with Crippen molar-refractivity contribution in [3.05, 3.63) is 0 Å². The van der Waals surface area contributed by atoms with Crippen molar-refractivity contribution in [2.45, 2.75) is 19.8 Å². The highest BCUT2D eigenvalue weighted by Crippen LogP contribution is 1.96. The van der Waals surface area contributed by atoms with Crippen LogP contribution in [0, 0.1) is 0 Å². The summed E-state index contributed by atoms with van der Waals surface area (Å²) in [6, 6.07) is 0. The van der Waals surface area contributed by atoms with Crippen LogP contribution >= 0.6 is 0 Å². The van der Waals surface area contributed by atoms with Gasteiger partial charge in [0.15, 0.2) is 0 Å². The molecule has 0 heterocycles. The minimum atomic E-state index is -0.375. The summed E-state index contributed by atoms with van der Waals surface area (Å²) in [5.74, 6) is -0.444. The molecule has 0 aromatic rings. The average Bonchev–Trinajstić information content (AvgIpc) is 2.18. The van der Waals surface area contributed by atoms with Crippen molar-refractivity contribution in [2.75, 3.05) is 33.9 Å². The predicted molar refractivity (Wildman–Crippen MR) is 55.4 cm³/mol. The molecule has 0 rings (SSSR count). The molecule has 0 saturated heterocycles. The minimum absolute atomic E-state index is 0.0135. The summed E-state index contributed by atoms with van der Waals surface area (Å²) in [6.45, 7) is 2.64. The second kappa shape index (κ2) is 8.23. The van der Waals surface area contributed by atoms with E-state index in [9.17, 15) is 9.59 Å². The zero-order valence-electron chi connectivity index (χ0n) is 9.62. The maximum absolute atomic E-state index is 11.4. The zero-order valence-corrected chi connectivity index (χ0v) is 9.62. The molecule has 0 bridgehead atoms. The summed E-state index contributed by atoms with van der Waals surface area (Å²) in [7, 11) is 3.18. The van der Waals surface area contributed by atoms with E-state index in [2.05, 4.69) is 0 Å². The molecule has 0 aliphatic rings. The zero-order chi connectivity index (χ0) is 11.7. The Kier molecular flexibility index (Phi) is 7.62. The molecule has 0 unspecified atom stereocenters. The average molecular weight is 217 g/mol. The first kappa shape index (κ1) is 13.9. The molecule has 0 aromatic heterocycles. The third-order valence-electron chi connectivity index (χ3n) is 1.84. The molecule has 0 spiro atoms. The Morgan fingerprint density at radius 1 is 1.33 bits per heavy atom. The van der Waals surface area contributed by atoms with Crippen LogP contribution in [0.1, 0.15) is 19.8 Å². The maximum atomic E-state index is 11.4. The number of ether oxygens (including phenoxy) is 2. The Hall–Kier alpha value is -1.10. The fraction of sp³-hybridized carbons (Fsp3) is 0.800. The molecule has 5 heteroatoms. The number of carbonyl (C=O) groups excluding carboxylic acids is 2. The molecule has 0 aliphatic heterocycles. The second-order valence-corrected chi connectivity index (χ2v) is 3.15. The number of esters is 1. The summed E-state index contributed by atoms with van der Waals surface area (Å²) in [4.78, 5) is 23.8. The lowest BCUT2D eigenvalue weighted by atomic mass is 10.3. The molecule has 5 nitrogen and oxygen atoms in total. The van der Waals surface area contributed by atoms with E-state index in [1.807, 2.05) is 0 Å². The van der Waals surface area contributed by atoms with Crippen molar-refractivity contribution in [3.8, 4) is 0 Å². The van der Waals surface area contributed by atoms with Gasteiger partial charge in [-0.05, 0) is 13.3 Å². The van der Waals surface area contributed by atoms with Crippen LogP contribution in [-0.4, -0.2) is 50.7 Å². The van der Waals surface area contributed by atoms with Gasteiger partial charge in [-0.3, -0.25) is 9.59 Å². The molecule has 1 amide bonds. The van der Waals surface area contributed by atoms with E-state index in [1.165, 1.54) is 4.90 Å². The molecule has 0 N–H and O–H groups in total. The number of carbonyl (C=O) groups is 2. The molecule has 0 atom stereocenters. The van der Waals surface area contributed by atoms with Gasteiger partial charge in [-0.2, -0.15) is 0 Å². The van der Waals surface area contributed by atoms with Crippen molar-refractivity contribution in [1.82, 2.24) is 4.90 Å². The summed E-state index contributed by atoms with van der Waals surface area (Å²) in [5, 5.41) is 0. The SMILES string of the molecule is CCOC(=O)CN(C)C(=O)CCCOC. The monoisotopic (exact) mass is 217 g/mol. The van der Waals surface area contributed by atoms with Crippen LogP contribution in [0.15, 0.2) is 0 Å². The summed E-state index contributed by atoms with van der Waals surface area (Å²) in [5.41, 5.74) is 0. The van der Waals surface area contributed by atoms with E-state index in [4.69, 9.17) is 9.47 Å². The van der Waals surface area contributed by atoms with Gasteiger partial charge in [0.1, 0.15) is 6.54 Å². The Bertz CT molecular complexity index is 206. The number of hydrogen-bond acceptors (Lipinski definition) is 4. The number of methoxy groups -OCH3 is 1. The fourth-order valence-electron chi connectivity index (χ4n) is 1.05. The third kappa shape index (κ3) is 6.90. The smallest absolute Gasteiger partial charge is 0.325 e. The first-order valence-corrected chi connectivity index (χ1v) is 5.00. The minimum Gasteiger partial charge on any atom is -0.465 e. The van der Waals surface area contributed by atoms with Crippen LogP contribution in [0.3, 0.4) is 0 Å². The van der Waals surface area contributed by atoms with E-state index < -0.39 is 0 Å². The van der Waals surface area contributed by atoms with Gasteiger partial charge in [0.2, 0.25) is 5.91 Å². The molecule has 0 fully saturated rings. The molecule has 15 heavy (non-hydrogen) atoms. The molecule has 0 aliphatic carbocycles. The number of rotatable bonds is 7. The van der Waals surface area contributed by atoms with Crippen LogP contribution in [0.5, 0.6) is 0 Å². The van der Waals surface area contributed by atoms with E-state index in [0.717, 1.165) is 0 Å². The summed E-state index contributed by atoms with van der Waals surface area (Å²) < 4.78 is 9.56. The van der Waals surface area contributed by atoms with Crippen LogP contribution in [0.2, 0.25) is 0 Å². The van der Waals surface area contributed by atoms with Gasteiger partial charge < -0.3 is 14.4 Å². The Labute approximate surface area is 90.3 Å². The predicted octanol–water partition coefficient (Wildman–Crippen LogP) is 0.434. The normalized spacial score (nSPS) is 9.80. The van der Waals surface area contributed by atoms with E-state index in [0.29, 0.717) is 26.1 Å².